The van der Waals surface area contributed by atoms with E-state index in [0.29, 0.717) is 19.3 Å². The van der Waals surface area contributed by atoms with Crippen molar-refractivity contribution in [2.45, 2.75) is 416 Å². The number of rotatable bonds is 65. The molecular formula is C74H141NO10. The van der Waals surface area contributed by atoms with Crippen LogP contribution in [0, 0.1) is 0 Å². The van der Waals surface area contributed by atoms with Gasteiger partial charge in [-0.2, -0.15) is 0 Å². The van der Waals surface area contributed by atoms with Crippen LogP contribution in [0.1, 0.15) is 361 Å². The molecule has 1 aliphatic heterocycles. The maximum Gasteiger partial charge on any atom is 0.249 e. The third kappa shape index (κ3) is 49.8. The first-order valence-electron chi connectivity index (χ1n) is 36.9. The molecule has 8 N–H and O–H groups in total. The van der Waals surface area contributed by atoms with E-state index in [2.05, 4.69) is 55.6 Å². The minimum Gasteiger partial charge on any atom is -0.394 e. The summed E-state index contributed by atoms with van der Waals surface area (Å²) < 4.78 is 11.2. The number of carbonyl (C=O) groups excluding carboxylic acids is 1. The summed E-state index contributed by atoms with van der Waals surface area (Å²) >= 11 is 0. The smallest absolute Gasteiger partial charge is 0.249 e. The van der Waals surface area contributed by atoms with Gasteiger partial charge < -0.3 is 50.5 Å². The van der Waals surface area contributed by atoms with Gasteiger partial charge in [-0.25, -0.2) is 0 Å². The van der Waals surface area contributed by atoms with E-state index < -0.39 is 74.2 Å². The molecule has 1 amide bonds. The average Bonchev–Trinajstić information content (AvgIpc) is 3.66. The number of amides is 1. The molecule has 0 saturated carbocycles. The Morgan fingerprint density at radius 3 is 1.05 bits per heavy atom. The van der Waals surface area contributed by atoms with E-state index >= 15 is 0 Å². The van der Waals surface area contributed by atoms with E-state index in [-0.39, 0.29) is 12.8 Å². The third-order valence-electron chi connectivity index (χ3n) is 17.9. The van der Waals surface area contributed by atoms with Crippen LogP contribution in [0.2, 0.25) is 0 Å². The Hall–Kier alpha value is -1.67. The van der Waals surface area contributed by atoms with Crippen molar-refractivity contribution in [3.63, 3.8) is 0 Å². The van der Waals surface area contributed by atoms with Crippen molar-refractivity contribution in [2.24, 2.45) is 0 Å². The fourth-order valence-corrected chi connectivity index (χ4v) is 12.0. The lowest BCUT2D eigenvalue weighted by Crippen LogP contribution is -2.60. The van der Waals surface area contributed by atoms with Crippen LogP contribution in [-0.2, 0) is 14.3 Å². The number of nitrogens with one attached hydrogen (secondary N) is 1. The summed E-state index contributed by atoms with van der Waals surface area (Å²) in [5.41, 5.74) is 0. The maximum atomic E-state index is 13.3. The molecule has 0 aliphatic carbocycles. The van der Waals surface area contributed by atoms with Crippen LogP contribution in [0.3, 0.4) is 0 Å². The lowest BCUT2D eigenvalue weighted by molar-refractivity contribution is -0.303. The standard InChI is InChI=1S/C74H141NO10/c1-3-5-7-9-11-13-15-17-19-21-23-25-27-29-31-32-33-34-36-38-40-42-44-46-48-50-52-54-56-58-60-62-67(78)73(83)75-65(64-84-74-72(82)71(81)70(80)68(63-76)85-74)69(79)66(77)61-59-57-55-53-51-49-47-45-43-41-39-37-35-30-28-26-24-22-20-18-16-14-12-10-8-6-4-2/h29,31,45,47,53,55,65-72,74,76-82H,3-28,30,32-44,46,48-52,54,56-64H2,1-2H3,(H,75,83)/b31-29-,47-45+,55-53+. The summed E-state index contributed by atoms with van der Waals surface area (Å²) in [5, 5.41) is 76.5. The Labute approximate surface area is 524 Å². The molecule has 1 aliphatic rings. The fourth-order valence-electron chi connectivity index (χ4n) is 12.0. The SMILES string of the molecule is CCCCCCCCCCCCCC/C=C\CCCCCCCCCCCCCCCCCC(O)C(=O)NC(COC1OC(CO)C(O)C(O)C1O)C(O)C(O)CCC/C=C/CC/C=C/CCCCCCCCCCCCCCCCCCCC. The van der Waals surface area contributed by atoms with Crippen molar-refractivity contribution in [1.29, 1.82) is 0 Å². The van der Waals surface area contributed by atoms with Crippen LogP contribution < -0.4 is 5.32 Å². The van der Waals surface area contributed by atoms with Gasteiger partial charge in [-0.15, -0.1) is 0 Å². The van der Waals surface area contributed by atoms with Gasteiger partial charge in [0.1, 0.15) is 36.6 Å². The molecule has 11 heteroatoms. The highest BCUT2D eigenvalue weighted by Crippen LogP contribution is 2.24. The zero-order chi connectivity index (χ0) is 61.7. The molecule has 0 aromatic heterocycles. The Bertz CT molecular complexity index is 1480. The highest BCUT2D eigenvalue weighted by molar-refractivity contribution is 5.80. The van der Waals surface area contributed by atoms with Gasteiger partial charge in [-0.05, 0) is 77.0 Å². The molecule has 85 heavy (non-hydrogen) atoms. The lowest BCUT2D eigenvalue weighted by Gasteiger charge is -2.40. The van der Waals surface area contributed by atoms with E-state index in [4.69, 9.17) is 9.47 Å². The molecule has 1 rings (SSSR count). The van der Waals surface area contributed by atoms with E-state index in [1.165, 1.54) is 276 Å². The molecule has 9 atom stereocenters. The quantitative estimate of drug-likeness (QED) is 0.0215. The minimum atomic E-state index is -1.67. The number of ether oxygens (including phenoxy) is 2. The van der Waals surface area contributed by atoms with Gasteiger partial charge in [-0.1, -0.05) is 320 Å². The molecule has 0 radical (unpaired) electrons. The minimum absolute atomic E-state index is 0.248. The summed E-state index contributed by atoms with van der Waals surface area (Å²) in [4.78, 5) is 13.3. The summed E-state index contributed by atoms with van der Waals surface area (Å²) in [7, 11) is 0. The largest absolute Gasteiger partial charge is 0.394 e. The van der Waals surface area contributed by atoms with Crippen molar-refractivity contribution >= 4 is 5.91 Å². The van der Waals surface area contributed by atoms with Crippen molar-refractivity contribution < 1.29 is 50.0 Å². The van der Waals surface area contributed by atoms with Crippen molar-refractivity contribution in [2.75, 3.05) is 13.2 Å². The van der Waals surface area contributed by atoms with E-state index in [0.717, 1.165) is 38.5 Å². The predicted molar refractivity (Wildman–Crippen MR) is 358 cm³/mol. The van der Waals surface area contributed by atoms with Crippen LogP contribution in [0.15, 0.2) is 36.5 Å². The number of hydrogen-bond donors (Lipinski definition) is 8. The number of carbonyl (C=O) groups is 1. The highest BCUT2D eigenvalue weighted by atomic mass is 16.7. The Morgan fingerprint density at radius 1 is 0.400 bits per heavy atom. The highest BCUT2D eigenvalue weighted by Gasteiger charge is 2.44. The van der Waals surface area contributed by atoms with Gasteiger partial charge in [0.05, 0.1) is 25.4 Å². The molecule has 9 unspecified atom stereocenters. The van der Waals surface area contributed by atoms with Crippen LogP contribution in [0.4, 0.5) is 0 Å². The molecule has 502 valence electrons. The molecule has 1 saturated heterocycles. The van der Waals surface area contributed by atoms with E-state index in [1.54, 1.807) is 0 Å². The molecule has 0 bridgehead atoms. The topological polar surface area (TPSA) is 189 Å². The maximum absolute atomic E-state index is 13.3. The first-order chi connectivity index (χ1) is 41.7. The van der Waals surface area contributed by atoms with Crippen molar-refractivity contribution in [3.05, 3.63) is 36.5 Å². The van der Waals surface area contributed by atoms with Gasteiger partial charge in [0.2, 0.25) is 5.91 Å². The fraction of sp³-hybridized carbons (Fsp3) is 0.905. The monoisotopic (exact) mass is 1200 g/mol. The summed E-state index contributed by atoms with van der Waals surface area (Å²) in [6.07, 6.45) is 69.6. The van der Waals surface area contributed by atoms with Crippen molar-refractivity contribution in [3.8, 4) is 0 Å². The summed E-state index contributed by atoms with van der Waals surface area (Å²) in [6.45, 7) is 3.50. The van der Waals surface area contributed by atoms with Crippen LogP contribution >= 0.6 is 0 Å². The second kappa shape index (κ2) is 62.5. The number of aliphatic hydroxyl groups excluding tert-OH is 7. The molecule has 1 fully saturated rings. The van der Waals surface area contributed by atoms with E-state index in [1.807, 2.05) is 0 Å². The van der Waals surface area contributed by atoms with Gasteiger partial charge in [0.25, 0.3) is 0 Å². The molecule has 1 heterocycles. The van der Waals surface area contributed by atoms with Gasteiger partial charge in [-0.3, -0.25) is 4.79 Å². The van der Waals surface area contributed by atoms with E-state index in [9.17, 15) is 40.5 Å². The number of allylic oxidation sites excluding steroid dienone is 6. The van der Waals surface area contributed by atoms with Crippen LogP contribution in [-0.4, -0.2) is 110 Å². The second-order valence-electron chi connectivity index (χ2n) is 26.0. The number of aliphatic hydroxyl groups is 7. The Morgan fingerprint density at radius 2 is 0.706 bits per heavy atom. The number of unbranched alkanes of at least 4 members (excludes halogenated alkanes) is 47. The zero-order valence-electron chi connectivity index (χ0n) is 55.6. The first-order valence-corrected chi connectivity index (χ1v) is 36.9. The molecule has 11 nitrogen and oxygen atoms in total. The summed E-state index contributed by atoms with van der Waals surface area (Å²) in [5.74, 6) is -0.705. The lowest BCUT2D eigenvalue weighted by atomic mass is 9.98. The van der Waals surface area contributed by atoms with Crippen LogP contribution in [0.25, 0.3) is 0 Å². The molecule has 0 spiro atoms. The molecular weight excluding hydrogens is 1060 g/mol. The van der Waals surface area contributed by atoms with Gasteiger partial charge in [0.15, 0.2) is 6.29 Å². The first kappa shape index (κ1) is 81.3. The van der Waals surface area contributed by atoms with Gasteiger partial charge >= 0.3 is 0 Å². The Kier molecular flexibility index (Phi) is 59.8. The molecule has 0 aromatic carbocycles. The summed E-state index contributed by atoms with van der Waals surface area (Å²) in [6, 6.07) is -1.19. The average molecular weight is 1200 g/mol. The number of hydrogen-bond acceptors (Lipinski definition) is 10. The van der Waals surface area contributed by atoms with Gasteiger partial charge in [0, 0.05) is 0 Å². The normalized spacial score (nSPS) is 19.0. The molecule has 0 aromatic rings. The Balaban J connectivity index is 2.20. The van der Waals surface area contributed by atoms with Crippen molar-refractivity contribution in [1.82, 2.24) is 5.32 Å². The second-order valence-corrected chi connectivity index (χ2v) is 26.0. The zero-order valence-corrected chi connectivity index (χ0v) is 55.6. The van der Waals surface area contributed by atoms with Crippen LogP contribution in [0.5, 0.6) is 0 Å². The predicted octanol–water partition coefficient (Wildman–Crippen LogP) is 18.1. The third-order valence-corrected chi connectivity index (χ3v) is 17.9.